The summed E-state index contributed by atoms with van der Waals surface area (Å²) in [6, 6.07) is 34.0. The fourth-order valence-electron chi connectivity index (χ4n) is 7.51. The van der Waals surface area contributed by atoms with Crippen LogP contribution in [0.15, 0.2) is 103 Å². The Kier molecular flexibility index (Phi) is 14.3. The van der Waals surface area contributed by atoms with Gasteiger partial charge in [-0.25, -0.2) is 0 Å². The molecule has 10 heteroatoms. The van der Waals surface area contributed by atoms with E-state index in [0.717, 1.165) is 84.3 Å². The smallest absolute Gasteiger partial charge is 0.255 e. The third-order valence-electron chi connectivity index (χ3n) is 10.6. The Labute approximate surface area is 335 Å². The van der Waals surface area contributed by atoms with Crippen molar-refractivity contribution in [2.24, 2.45) is 0 Å². The molecule has 0 bridgehead atoms. The van der Waals surface area contributed by atoms with E-state index in [4.69, 9.17) is 16.3 Å². The average molecular weight is 775 g/mol. The van der Waals surface area contributed by atoms with E-state index in [1.54, 1.807) is 15.9 Å². The second kappa shape index (κ2) is 20.0. The van der Waals surface area contributed by atoms with Crippen molar-refractivity contribution in [2.45, 2.75) is 70.4 Å². The van der Waals surface area contributed by atoms with Crippen LogP contribution in [0.5, 0.6) is 5.75 Å². The van der Waals surface area contributed by atoms with Crippen LogP contribution in [-0.4, -0.2) is 72.1 Å². The Bertz CT molecular complexity index is 2000. The number of hydrogen-bond donors (Lipinski definition) is 2. The molecule has 0 spiro atoms. The molecule has 2 heterocycles. The van der Waals surface area contributed by atoms with Crippen molar-refractivity contribution >= 4 is 52.1 Å². The Balaban J connectivity index is 0.890. The summed E-state index contributed by atoms with van der Waals surface area (Å²) in [6.45, 7) is 2.03. The number of imide groups is 1. The molecule has 2 aliphatic rings. The zero-order chi connectivity index (χ0) is 39.3. The number of unbranched alkanes of at least 4 members (excludes halogenated alkanes) is 4. The number of nitrogens with zero attached hydrogens (tertiary/aromatic N) is 2. The van der Waals surface area contributed by atoms with Crippen LogP contribution in [0.25, 0.3) is 11.1 Å². The Morgan fingerprint density at radius 3 is 2.21 bits per heavy atom. The van der Waals surface area contributed by atoms with E-state index in [1.807, 2.05) is 43.4 Å². The van der Waals surface area contributed by atoms with Crippen LogP contribution in [0.1, 0.15) is 90.4 Å². The number of alkyl halides is 1. The van der Waals surface area contributed by atoms with Crippen LogP contribution >= 0.6 is 11.6 Å². The number of halogens is 1. The minimum atomic E-state index is -0.622. The lowest BCUT2D eigenvalue weighted by molar-refractivity contribution is -0.137. The number of benzene rings is 4. The highest BCUT2D eigenvalue weighted by Crippen LogP contribution is 2.36. The minimum absolute atomic E-state index is 0.120. The number of hydrogen-bond acceptors (Lipinski definition) is 6. The molecule has 2 N–H and O–H groups in total. The largest absolute Gasteiger partial charge is 0.492 e. The molecule has 292 valence electrons. The van der Waals surface area contributed by atoms with Crippen LogP contribution < -0.4 is 15.4 Å². The molecule has 6 rings (SSSR count). The minimum Gasteiger partial charge on any atom is -0.492 e. The summed E-state index contributed by atoms with van der Waals surface area (Å²) in [5.74, 6) is 0.537. The fourth-order valence-corrected chi connectivity index (χ4v) is 7.70. The first-order valence-corrected chi connectivity index (χ1v) is 20.2. The molecule has 4 aromatic rings. The van der Waals surface area contributed by atoms with Gasteiger partial charge in [0.05, 0.1) is 6.54 Å². The van der Waals surface area contributed by atoms with Gasteiger partial charge in [0.25, 0.3) is 5.91 Å². The van der Waals surface area contributed by atoms with Crippen LogP contribution in [0.2, 0.25) is 0 Å². The van der Waals surface area contributed by atoms with E-state index < -0.39 is 11.9 Å². The number of rotatable bonds is 19. The molecule has 0 radical (unpaired) electrons. The summed E-state index contributed by atoms with van der Waals surface area (Å²) < 4.78 is 6.06. The van der Waals surface area contributed by atoms with Crippen LogP contribution in [0.3, 0.4) is 0 Å². The fraction of sp³-hybridized carbons (Fsp3) is 0.348. The van der Waals surface area contributed by atoms with Crippen molar-refractivity contribution in [3.05, 3.63) is 131 Å². The number of anilines is 1. The van der Waals surface area contributed by atoms with E-state index in [9.17, 15) is 19.2 Å². The molecule has 1 fully saturated rings. The second-order valence-electron chi connectivity index (χ2n) is 14.4. The molecule has 56 heavy (non-hydrogen) atoms. The number of carbonyl (C=O) groups excluding carboxylic acids is 4. The average Bonchev–Trinajstić information content (AvgIpc) is 3.56. The van der Waals surface area contributed by atoms with E-state index in [2.05, 4.69) is 71.3 Å². The van der Waals surface area contributed by atoms with Gasteiger partial charge < -0.3 is 19.9 Å². The van der Waals surface area contributed by atoms with Gasteiger partial charge in [-0.15, -0.1) is 11.6 Å². The van der Waals surface area contributed by atoms with Crippen molar-refractivity contribution in [3.63, 3.8) is 0 Å². The highest BCUT2D eigenvalue weighted by atomic mass is 35.5. The molecular weight excluding hydrogens is 724 g/mol. The van der Waals surface area contributed by atoms with Gasteiger partial charge in [0.15, 0.2) is 0 Å². The summed E-state index contributed by atoms with van der Waals surface area (Å²) >= 11 is 6.31. The van der Waals surface area contributed by atoms with Crippen molar-refractivity contribution in [1.29, 1.82) is 0 Å². The predicted octanol–water partition coefficient (Wildman–Crippen LogP) is 8.33. The summed E-state index contributed by atoms with van der Waals surface area (Å²) in [5, 5.41) is 5.83. The van der Waals surface area contributed by atoms with Crippen LogP contribution in [0.4, 0.5) is 5.69 Å². The number of allylic oxidation sites excluding steroid dienone is 1. The number of ether oxygens (including phenoxy) is 1. The van der Waals surface area contributed by atoms with Crippen LogP contribution in [0, 0.1) is 0 Å². The van der Waals surface area contributed by atoms with Gasteiger partial charge in [-0.1, -0.05) is 98.1 Å². The Morgan fingerprint density at radius 1 is 0.821 bits per heavy atom. The topological polar surface area (TPSA) is 108 Å². The third kappa shape index (κ3) is 10.3. The maximum Gasteiger partial charge on any atom is 0.255 e. The van der Waals surface area contributed by atoms with Crippen molar-refractivity contribution in [2.75, 3.05) is 37.9 Å². The monoisotopic (exact) mass is 774 g/mol. The first-order chi connectivity index (χ1) is 27.3. The molecule has 1 saturated heterocycles. The standard InChI is InChI=1S/C46H51ClN4O5/c1-50(30-31-56-36-23-21-35(22-24-36)44(34-16-9-6-10-17-34)37(27-28-47)33-14-7-5-8-15-33)43(53)20-11-3-2-4-12-29-48-40-19-13-18-38-39(40)32-51(46(38)55)41-25-26-42(52)49-45(41)54/h5-10,13-19,21-24,41,48H,2-4,11-12,20,25-32H2,1H3,(H,49,52,54). The summed E-state index contributed by atoms with van der Waals surface area (Å²) in [4.78, 5) is 53.2. The highest BCUT2D eigenvalue weighted by molar-refractivity contribution is 6.18. The first kappa shape index (κ1) is 40.3. The zero-order valence-corrected chi connectivity index (χ0v) is 32.9. The summed E-state index contributed by atoms with van der Waals surface area (Å²) in [7, 11) is 1.83. The molecule has 4 aromatic carbocycles. The normalized spacial score (nSPS) is 15.6. The van der Waals surface area contributed by atoms with Gasteiger partial charge in [-0.3, -0.25) is 24.5 Å². The summed E-state index contributed by atoms with van der Waals surface area (Å²) in [6.07, 6.45) is 6.69. The van der Waals surface area contributed by atoms with Gasteiger partial charge >= 0.3 is 0 Å². The molecule has 0 aromatic heterocycles. The number of fused-ring (bicyclic) bond motifs is 1. The van der Waals surface area contributed by atoms with Crippen LogP contribution in [-0.2, 0) is 20.9 Å². The van der Waals surface area contributed by atoms with E-state index in [-0.39, 0.29) is 24.1 Å². The lowest BCUT2D eigenvalue weighted by Gasteiger charge is -2.29. The molecule has 0 saturated carbocycles. The molecule has 9 nitrogen and oxygen atoms in total. The van der Waals surface area contributed by atoms with Crippen molar-refractivity contribution in [1.82, 2.24) is 15.1 Å². The van der Waals surface area contributed by atoms with E-state index in [0.29, 0.717) is 44.0 Å². The van der Waals surface area contributed by atoms with Gasteiger partial charge in [-0.05, 0) is 77.8 Å². The Hall–Kier alpha value is -5.41. The van der Waals surface area contributed by atoms with E-state index in [1.165, 1.54) is 5.57 Å². The number of amides is 4. The lowest BCUT2D eigenvalue weighted by Crippen LogP contribution is -2.52. The molecule has 1 atom stereocenters. The van der Waals surface area contributed by atoms with Crippen molar-refractivity contribution in [3.8, 4) is 5.75 Å². The molecule has 0 aliphatic carbocycles. The first-order valence-electron chi connectivity index (χ1n) is 19.7. The lowest BCUT2D eigenvalue weighted by atomic mass is 9.88. The maximum absolute atomic E-state index is 13.1. The van der Waals surface area contributed by atoms with Gasteiger partial charge in [0.2, 0.25) is 17.7 Å². The quantitative estimate of drug-likeness (QED) is 0.0430. The number of carbonyl (C=O) groups is 4. The molecule has 1 unspecified atom stereocenters. The maximum atomic E-state index is 13.1. The zero-order valence-electron chi connectivity index (χ0n) is 32.1. The van der Waals surface area contributed by atoms with E-state index >= 15 is 0 Å². The number of likely N-dealkylation sites (N-methyl/N-ethyl adjacent to an activating group) is 1. The number of nitrogens with one attached hydrogen (secondary N) is 2. The number of piperidine rings is 1. The highest BCUT2D eigenvalue weighted by Gasteiger charge is 2.39. The summed E-state index contributed by atoms with van der Waals surface area (Å²) in [5.41, 5.74) is 8.15. The SMILES string of the molecule is CN(CCOc1ccc(C(=C(CCCl)c2ccccc2)c2ccccc2)cc1)C(=O)CCCCCCCNc1cccc2c1CN(C1CCC(=O)NC1=O)C2=O. The molecule has 2 aliphatic heterocycles. The Morgan fingerprint density at radius 2 is 1.50 bits per heavy atom. The third-order valence-corrected chi connectivity index (χ3v) is 10.7. The molecule has 4 amide bonds. The predicted molar refractivity (Wildman–Crippen MR) is 222 cm³/mol. The van der Waals surface area contributed by atoms with Crippen molar-refractivity contribution < 1.29 is 23.9 Å². The van der Waals surface area contributed by atoms with Gasteiger partial charge in [-0.2, -0.15) is 0 Å². The second-order valence-corrected chi connectivity index (χ2v) is 14.8. The van der Waals surface area contributed by atoms with Gasteiger partial charge in [0, 0.05) is 55.7 Å². The van der Waals surface area contributed by atoms with Gasteiger partial charge in [0.1, 0.15) is 18.4 Å². The molecular formula is C46H51ClN4O5.